The van der Waals surface area contributed by atoms with E-state index in [2.05, 4.69) is 50.0 Å². The second kappa shape index (κ2) is 3.84. The lowest BCUT2D eigenvalue weighted by Gasteiger charge is -2.22. The molecule has 1 saturated carbocycles. The zero-order valence-corrected chi connectivity index (χ0v) is 11.7. The standard InChI is InChI=1S/C12H15BrN2S/c1-12(3-2-9(13)6-12)7-10-8-15-4-5-16-11(15)14-10/h4-5,8-9H,2-3,6-7H2,1H3. The first-order valence-corrected chi connectivity index (χ1v) is 7.49. The smallest absolute Gasteiger partial charge is 0.193 e. The number of aromatic nitrogens is 2. The van der Waals surface area contributed by atoms with E-state index in [1.165, 1.54) is 25.0 Å². The zero-order chi connectivity index (χ0) is 11.2. The number of fused-ring (bicyclic) bond motifs is 1. The number of rotatable bonds is 2. The minimum Gasteiger partial charge on any atom is -0.297 e. The predicted molar refractivity (Wildman–Crippen MR) is 71.4 cm³/mol. The summed E-state index contributed by atoms with van der Waals surface area (Å²) in [5.41, 5.74) is 1.69. The summed E-state index contributed by atoms with van der Waals surface area (Å²) in [4.78, 5) is 6.50. The van der Waals surface area contributed by atoms with Gasteiger partial charge >= 0.3 is 0 Å². The van der Waals surface area contributed by atoms with Crippen LogP contribution in [0.4, 0.5) is 0 Å². The maximum absolute atomic E-state index is 4.67. The van der Waals surface area contributed by atoms with E-state index >= 15 is 0 Å². The molecule has 2 aromatic heterocycles. The van der Waals surface area contributed by atoms with E-state index in [0.29, 0.717) is 10.2 Å². The molecule has 0 spiro atoms. The van der Waals surface area contributed by atoms with Gasteiger partial charge in [-0.2, -0.15) is 0 Å². The van der Waals surface area contributed by atoms with Crippen molar-refractivity contribution in [1.82, 2.24) is 9.38 Å². The monoisotopic (exact) mass is 298 g/mol. The van der Waals surface area contributed by atoms with E-state index in [4.69, 9.17) is 0 Å². The molecule has 0 saturated heterocycles. The Morgan fingerprint density at radius 1 is 1.69 bits per heavy atom. The van der Waals surface area contributed by atoms with Crippen LogP contribution >= 0.6 is 27.3 Å². The third-order valence-corrected chi connectivity index (χ3v) is 5.08. The summed E-state index contributed by atoms with van der Waals surface area (Å²) >= 11 is 5.44. The summed E-state index contributed by atoms with van der Waals surface area (Å²) in [7, 11) is 0. The maximum atomic E-state index is 4.67. The maximum Gasteiger partial charge on any atom is 0.193 e. The fourth-order valence-corrected chi connectivity index (χ4v) is 4.43. The molecule has 0 aliphatic heterocycles. The molecule has 4 heteroatoms. The molecule has 0 aromatic carbocycles. The molecule has 1 aliphatic carbocycles. The molecule has 2 aromatic rings. The summed E-state index contributed by atoms with van der Waals surface area (Å²) in [5, 5.41) is 2.08. The molecule has 0 amide bonds. The summed E-state index contributed by atoms with van der Waals surface area (Å²) in [6, 6.07) is 0. The van der Waals surface area contributed by atoms with E-state index in [9.17, 15) is 0 Å². The largest absolute Gasteiger partial charge is 0.297 e. The molecule has 16 heavy (non-hydrogen) atoms. The van der Waals surface area contributed by atoms with Gasteiger partial charge < -0.3 is 0 Å². The molecular weight excluding hydrogens is 284 g/mol. The van der Waals surface area contributed by atoms with E-state index in [1.807, 2.05) is 0 Å². The normalized spacial score (nSPS) is 30.2. The van der Waals surface area contributed by atoms with Crippen molar-refractivity contribution in [3.05, 3.63) is 23.5 Å². The Morgan fingerprint density at radius 2 is 2.56 bits per heavy atom. The van der Waals surface area contributed by atoms with Crippen LogP contribution in [0.2, 0.25) is 0 Å². The molecule has 2 heterocycles. The van der Waals surface area contributed by atoms with E-state index in [1.54, 1.807) is 11.3 Å². The lowest BCUT2D eigenvalue weighted by Crippen LogP contribution is -2.15. The average Bonchev–Trinajstić information content (AvgIpc) is 2.81. The van der Waals surface area contributed by atoms with Gasteiger partial charge in [0.1, 0.15) is 0 Å². The van der Waals surface area contributed by atoms with Gasteiger partial charge in [0, 0.05) is 22.6 Å². The highest BCUT2D eigenvalue weighted by Gasteiger charge is 2.34. The SMILES string of the molecule is CC1(Cc2cn3ccsc3n2)CCC(Br)C1. The molecule has 2 nitrogen and oxygen atoms in total. The van der Waals surface area contributed by atoms with Crippen LogP contribution in [0, 0.1) is 5.41 Å². The first-order chi connectivity index (χ1) is 7.65. The van der Waals surface area contributed by atoms with Crippen molar-refractivity contribution < 1.29 is 0 Å². The van der Waals surface area contributed by atoms with Gasteiger partial charge in [-0.3, -0.25) is 4.40 Å². The Kier molecular flexibility index (Phi) is 2.59. The number of nitrogens with zero attached hydrogens (tertiary/aromatic N) is 2. The molecule has 0 bridgehead atoms. The van der Waals surface area contributed by atoms with Gasteiger partial charge in [0.15, 0.2) is 4.96 Å². The highest BCUT2D eigenvalue weighted by atomic mass is 79.9. The van der Waals surface area contributed by atoms with Gasteiger partial charge in [-0.1, -0.05) is 22.9 Å². The van der Waals surface area contributed by atoms with Crippen molar-refractivity contribution >= 4 is 32.2 Å². The molecule has 86 valence electrons. The average molecular weight is 299 g/mol. The van der Waals surface area contributed by atoms with E-state index in [0.717, 1.165) is 11.4 Å². The van der Waals surface area contributed by atoms with Crippen LogP contribution in [0.3, 0.4) is 0 Å². The number of hydrogen-bond donors (Lipinski definition) is 0. The number of imidazole rings is 1. The minimum atomic E-state index is 0.443. The minimum absolute atomic E-state index is 0.443. The quantitative estimate of drug-likeness (QED) is 0.769. The Hall–Kier alpha value is -0.350. The second-order valence-corrected chi connectivity index (χ2v) is 7.32. The van der Waals surface area contributed by atoms with Crippen LogP contribution in [-0.4, -0.2) is 14.2 Å². The van der Waals surface area contributed by atoms with Crippen molar-refractivity contribution in [2.75, 3.05) is 0 Å². The van der Waals surface area contributed by atoms with Crippen molar-refractivity contribution in [2.24, 2.45) is 5.41 Å². The van der Waals surface area contributed by atoms with E-state index in [-0.39, 0.29) is 0 Å². The van der Waals surface area contributed by atoms with Crippen LogP contribution in [0.25, 0.3) is 4.96 Å². The van der Waals surface area contributed by atoms with Gasteiger partial charge in [-0.05, 0) is 31.1 Å². The number of alkyl halides is 1. The van der Waals surface area contributed by atoms with Gasteiger partial charge in [-0.15, -0.1) is 11.3 Å². The van der Waals surface area contributed by atoms with Crippen molar-refractivity contribution in [3.63, 3.8) is 0 Å². The number of thiazole rings is 1. The van der Waals surface area contributed by atoms with Crippen LogP contribution in [0.5, 0.6) is 0 Å². The van der Waals surface area contributed by atoms with Crippen molar-refractivity contribution in [1.29, 1.82) is 0 Å². The molecular formula is C12H15BrN2S. The van der Waals surface area contributed by atoms with Gasteiger partial charge in [0.2, 0.25) is 0 Å². The topological polar surface area (TPSA) is 17.3 Å². The molecule has 0 N–H and O–H groups in total. The predicted octanol–water partition coefficient (Wildman–Crippen LogP) is 3.89. The Morgan fingerprint density at radius 3 is 3.25 bits per heavy atom. The van der Waals surface area contributed by atoms with Crippen LogP contribution in [0.1, 0.15) is 31.9 Å². The molecule has 1 fully saturated rings. The lowest BCUT2D eigenvalue weighted by molar-refractivity contribution is 0.333. The summed E-state index contributed by atoms with van der Waals surface area (Å²) in [6.07, 6.45) is 9.27. The third kappa shape index (κ3) is 1.93. The summed E-state index contributed by atoms with van der Waals surface area (Å²) in [6.45, 7) is 2.39. The molecule has 3 rings (SSSR count). The molecule has 2 unspecified atom stereocenters. The first kappa shape index (κ1) is 10.8. The molecule has 0 radical (unpaired) electrons. The van der Waals surface area contributed by atoms with Gasteiger partial charge in [0.25, 0.3) is 0 Å². The second-order valence-electron chi connectivity index (χ2n) is 5.15. The lowest BCUT2D eigenvalue weighted by atomic mass is 9.84. The Bertz CT molecular complexity index is 475. The Balaban J connectivity index is 1.82. The Labute approximate surface area is 108 Å². The van der Waals surface area contributed by atoms with Crippen molar-refractivity contribution in [2.45, 2.75) is 37.4 Å². The third-order valence-electron chi connectivity index (χ3n) is 3.53. The van der Waals surface area contributed by atoms with Crippen LogP contribution in [-0.2, 0) is 6.42 Å². The summed E-state index contributed by atoms with van der Waals surface area (Å²) in [5.74, 6) is 0. The zero-order valence-electron chi connectivity index (χ0n) is 9.32. The number of hydrogen-bond acceptors (Lipinski definition) is 2. The van der Waals surface area contributed by atoms with Gasteiger partial charge in [0.05, 0.1) is 5.69 Å². The fraction of sp³-hybridized carbons (Fsp3) is 0.583. The highest BCUT2D eigenvalue weighted by molar-refractivity contribution is 9.09. The van der Waals surface area contributed by atoms with Crippen LogP contribution < -0.4 is 0 Å². The fourth-order valence-electron chi connectivity index (χ4n) is 2.70. The highest BCUT2D eigenvalue weighted by Crippen LogP contribution is 2.43. The van der Waals surface area contributed by atoms with Crippen LogP contribution in [0.15, 0.2) is 17.8 Å². The summed E-state index contributed by atoms with van der Waals surface area (Å²) < 4.78 is 2.13. The first-order valence-electron chi connectivity index (χ1n) is 5.70. The molecule has 1 aliphatic rings. The number of halogens is 1. The van der Waals surface area contributed by atoms with Gasteiger partial charge in [-0.25, -0.2) is 4.98 Å². The molecule has 2 atom stereocenters. The van der Waals surface area contributed by atoms with Crippen molar-refractivity contribution in [3.8, 4) is 0 Å². The van der Waals surface area contributed by atoms with E-state index < -0.39 is 0 Å².